The summed E-state index contributed by atoms with van der Waals surface area (Å²) in [5.74, 6) is 0. The van der Waals surface area contributed by atoms with Gasteiger partial charge in [-0.1, -0.05) is 96.1 Å². The molecule has 1 aliphatic heterocycles. The van der Waals surface area contributed by atoms with Crippen LogP contribution in [0.5, 0.6) is 0 Å². The first-order valence-electron chi connectivity index (χ1n) is 14.7. The monoisotopic (exact) mass is 553 g/mol. The fourth-order valence-electron chi connectivity index (χ4n) is 7.59. The highest BCUT2D eigenvalue weighted by Crippen LogP contribution is 2.63. The van der Waals surface area contributed by atoms with E-state index < -0.39 is 5.41 Å². The van der Waals surface area contributed by atoms with E-state index in [0.29, 0.717) is 21.9 Å². The highest BCUT2D eigenvalue weighted by atomic mass is 16.3. The van der Waals surface area contributed by atoms with E-state index in [9.17, 15) is 4.79 Å². The Morgan fingerprint density at radius 2 is 1.09 bits per heavy atom. The summed E-state index contributed by atoms with van der Waals surface area (Å²) >= 11 is 0. The first kappa shape index (κ1) is 24.2. The fraction of sp³-hybridized carbons (Fsp3) is 0.0750. The number of benzene rings is 6. The number of hydrogen-bond donors (Lipinski definition) is 0. The normalized spacial score (nSPS) is 14.0. The highest BCUT2D eigenvalue weighted by molar-refractivity contribution is 5.98. The van der Waals surface area contributed by atoms with E-state index in [1.54, 1.807) is 0 Å². The van der Waals surface area contributed by atoms with Crippen LogP contribution in [0, 0.1) is 13.8 Å². The van der Waals surface area contributed by atoms with Crippen molar-refractivity contribution in [1.29, 1.82) is 0 Å². The molecule has 1 aliphatic carbocycles. The molecule has 3 nitrogen and oxygen atoms in total. The minimum absolute atomic E-state index is 0.00721. The Kier molecular flexibility index (Phi) is 4.82. The Balaban J connectivity index is 1.39. The largest absolute Gasteiger partial charge is 0.456 e. The van der Waals surface area contributed by atoms with Gasteiger partial charge in [-0.25, -0.2) is 0 Å². The van der Waals surface area contributed by atoms with Crippen molar-refractivity contribution in [2.24, 2.45) is 0 Å². The predicted molar refractivity (Wildman–Crippen MR) is 175 cm³/mol. The van der Waals surface area contributed by atoms with Crippen molar-refractivity contribution in [3.05, 3.63) is 171 Å². The van der Waals surface area contributed by atoms with Crippen LogP contribution in [0.4, 0.5) is 17.1 Å². The molecule has 1 aromatic heterocycles. The standard InChI is InChI=1S/C40H27NO2/c1-24-15-19-35-33(21-24)40(31-12-6-3-9-27(31)28-10-4-7-13-32(28)40)34-22-25(2)16-20-36(34)41(35)26-17-18-30-38(23-26)43-37-14-8-5-11-29(37)39(30)42/h3-23H,1-2H3. The van der Waals surface area contributed by atoms with Gasteiger partial charge in [-0.2, -0.15) is 0 Å². The van der Waals surface area contributed by atoms with E-state index >= 15 is 0 Å². The van der Waals surface area contributed by atoms with Crippen LogP contribution in [0.25, 0.3) is 33.1 Å². The lowest BCUT2D eigenvalue weighted by molar-refractivity contribution is 0.660. The summed E-state index contributed by atoms with van der Waals surface area (Å²) < 4.78 is 6.33. The van der Waals surface area contributed by atoms with Crippen LogP contribution in [0.1, 0.15) is 33.4 Å². The molecule has 0 fully saturated rings. The third-order valence-electron chi connectivity index (χ3n) is 9.37. The molecule has 0 amide bonds. The maximum Gasteiger partial charge on any atom is 0.200 e. The number of rotatable bonds is 1. The predicted octanol–water partition coefficient (Wildman–Crippen LogP) is 9.71. The molecule has 9 rings (SSSR count). The van der Waals surface area contributed by atoms with Gasteiger partial charge in [0.2, 0.25) is 5.43 Å². The van der Waals surface area contributed by atoms with Crippen molar-refractivity contribution in [3.8, 4) is 11.1 Å². The summed E-state index contributed by atoms with van der Waals surface area (Å²) in [4.78, 5) is 15.7. The average molecular weight is 554 g/mol. The molecule has 0 saturated carbocycles. The number of hydrogen-bond acceptors (Lipinski definition) is 3. The second kappa shape index (κ2) is 8.56. The van der Waals surface area contributed by atoms with Gasteiger partial charge in [-0.3, -0.25) is 4.79 Å². The van der Waals surface area contributed by atoms with Crippen LogP contribution in [0.15, 0.2) is 137 Å². The van der Waals surface area contributed by atoms with Crippen LogP contribution in [-0.4, -0.2) is 0 Å². The summed E-state index contributed by atoms with van der Waals surface area (Å²) in [7, 11) is 0. The molecule has 0 saturated heterocycles. The fourth-order valence-corrected chi connectivity index (χ4v) is 7.59. The summed E-state index contributed by atoms with van der Waals surface area (Å²) in [6.45, 7) is 4.35. The van der Waals surface area contributed by atoms with Crippen LogP contribution >= 0.6 is 0 Å². The van der Waals surface area contributed by atoms with E-state index in [1.807, 2.05) is 36.4 Å². The number of nitrogens with zero attached hydrogens (tertiary/aromatic N) is 1. The number of aryl methyl sites for hydroxylation is 2. The number of fused-ring (bicyclic) bond motifs is 11. The number of para-hydroxylation sites is 1. The zero-order chi connectivity index (χ0) is 28.9. The molecular weight excluding hydrogens is 526 g/mol. The van der Waals surface area contributed by atoms with Gasteiger partial charge in [0.25, 0.3) is 0 Å². The Morgan fingerprint density at radius 1 is 0.535 bits per heavy atom. The van der Waals surface area contributed by atoms with E-state index in [4.69, 9.17) is 4.42 Å². The average Bonchev–Trinajstić information content (AvgIpc) is 3.33. The topological polar surface area (TPSA) is 33.5 Å². The second-order valence-electron chi connectivity index (χ2n) is 11.8. The third kappa shape index (κ3) is 3.11. The quantitative estimate of drug-likeness (QED) is 0.190. The molecule has 1 spiro atoms. The lowest BCUT2D eigenvalue weighted by atomic mass is 9.64. The van der Waals surface area contributed by atoms with Gasteiger partial charge in [-0.15, -0.1) is 0 Å². The molecule has 2 aliphatic rings. The molecule has 0 atom stereocenters. The molecule has 0 N–H and O–H groups in total. The molecule has 43 heavy (non-hydrogen) atoms. The van der Waals surface area contributed by atoms with Gasteiger partial charge >= 0.3 is 0 Å². The molecule has 2 heterocycles. The Labute approximate surface area is 249 Å². The second-order valence-corrected chi connectivity index (χ2v) is 11.8. The van der Waals surface area contributed by atoms with Crippen molar-refractivity contribution < 1.29 is 4.42 Å². The van der Waals surface area contributed by atoms with Crippen molar-refractivity contribution in [1.82, 2.24) is 0 Å². The van der Waals surface area contributed by atoms with Crippen LogP contribution in [-0.2, 0) is 5.41 Å². The van der Waals surface area contributed by atoms with Crippen molar-refractivity contribution in [2.75, 3.05) is 4.90 Å². The summed E-state index contributed by atoms with van der Waals surface area (Å²) in [6.07, 6.45) is 0. The Morgan fingerprint density at radius 3 is 1.74 bits per heavy atom. The first-order chi connectivity index (χ1) is 21.1. The van der Waals surface area contributed by atoms with E-state index in [1.165, 1.54) is 44.5 Å². The van der Waals surface area contributed by atoms with Gasteiger partial charge in [0.15, 0.2) is 0 Å². The minimum Gasteiger partial charge on any atom is -0.456 e. The SMILES string of the molecule is Cc1ccc2c(c1)C1(c3ccccc3-c3ccccc31)c1cc(C)ccc1N2c1ccc2c(=O)c3ccccc3oc2c1. The molecule has 6 aromatic carbocycles. The van der Waals surface area contributed by atoms with Gasteiger partial charge < -0.3 is 9.32 Å². The van der Waals surface area contributed by atoms with Crippen LogP contribution < -0.4 is 10.3 Å². The van der Waals surface area contributed by atoms with Gasteiger partial charge in [0.1, 0.15) is 11.2 Å². The van der Waals surface area contributed by atoms with Gasteiger partial charge in [-0.05, 0) is 83.6 Å². The highest BCUT2D eigenvalue weighted by Gasteiger charge is 2.51. The summed E-state index contributed by atoms with van der Waals surface area (Å²) in [5, 5.41) is 1.19. The summed E-state index contributed by atoms with van der Waals surface area (Å²) in [6, 6.07) is 44.8. The van der Waals surface area contributed by atoms with E-state index in [-0.39, 0.29) is 5.43 Å². The summed E-state index contributed by atoms with van der Waals surface area (Å²) in [5.41, 5.74) is 14.0. The lowest BCUT2D eigenvalue weighted by Gasteiger charge is -2.45. The molecule has 7 aromatic rings. The Hall–Kier alpha value is -5.41. The third-order valence-corrected chi connectivity index (χ3v) is 9.37. The Bertz CT molecular complexity index is 2260. The molecule has 0 radical (unpaired) electrons. The van der Waals surface area contributed by atoms with Crippen molar-refractivity contribution >= 4 is 39.0 Å². The maximum atomic E-state index is 13.4. The zero-order valence-electron chi connectivity index (χ0n) is 23.9. The maximum absolute atomic E-state index is 13.4. The van der Waals surface area contributed by atoms with Gasteiger partial charge in [0, 0.05) is 11.8 Å². The van der Waals surface area contributed by atoms with Crippen molar-refractivity contribution in [2.45, 2.75) is 19.3 Å². The van der Waals surface area contributed by atoms with E-state index in [2.05, 4.69) is 110 Å². The number of anilines is 3. The van der Waals surface area contributed by atoms with Crippen LogP contribution in [0.3, 0.4) is 0 Å². The van der Waals surface area contributed by atoms with E-state index in [0.717, 1.165) is 17.1 Å². The zero-order valence-corrected chi connectivity index (χ0v) is 23.9. The first-order valence-corrected chi connectivity index (χ1v) is 14.7. The smallest absolute Gasteiger partial charge is 0.200 e. The van der Waals surface area contributed by atoms with Crippen molar-refractivity contribution in [3.63, 3.8) is 0 Å². The molecular formula is C40H27NO2. The van der Waals surface area contributed by atoms with Crippen LogP contribution in [0.2, 0.25) is 0 Å². The molecule has 0 unspecified atom stereocenters. The van der Waals surface area contributed by atoms with Gasteiger partial charge in [0.05, 0.1) is 27.6 Å². The molecule has 204 valence electrons. The molecule has 0 bridgehead atoms. The molecule has 3 heteroatoms. The lowest BCUT2D eigenvalue weighted by Crippen LogP contribution is -2.36. The minimum atomic E-state index is -0.466.